The summed E-state index contributed by atoms with van der Waals surface area (Å²) in [4.78, 5) is 13.8. The topological polar surface area (TPSA) is 66.8 Å². The third kappa shape index (κ3) is 4.50. The molecule has 2 aliphatic rings. The van der Waals surface area contributed by atoms with Crippen molar-refractivity contribution in [1.82, 2.24) is 15.0 Å². The van der Waals surface area contributed by atoms with Crippen LogP contribution in [0.3, 0.4) is 0 Å². The van der Waals surface area contributed by atoms with Gasteiger partial charge in [-0.2, -0.15) is 10.1 Å². The first kappa shape index (κ1) is 21.1. The van der Waals surface area contributed by atoms with Crippen molar-refractivity contribution in [2.24, 2.45) is 5.10 Å². The monoisotopic (exact) mass is 424 g/mol. The molecule has 31 heavy (non-hydrogen) atoms. The number of hydrogen-bond donors (Lipinski definition) is 0. The smallest absolute Gasteiger partial charge is 0.260 e. The van der Waals surface area contributed by atoms with Gasteiger partial charge in [0.2, 0.25) is 5.90 Å². The summed E-state index contributed by atoms with van der Waals surface area (Å²) < 4.78 is 17.2. The normalized spacial score (nSPS) is 20.8. The molecule has 0 N–H and O–H groups in total. The second kappa shape index (κ2) is 8.95. The van der Waals surface area contributed by atoms with Gasteiger partial charge in [0, 0.05) is 25.1 Å². The van der Waals surface area contributed by atoms with Gasteiger partial charge < -0.3 is 19.1 Å². The molecule has 2 unspecified atom stereocenters. The number of nitrogens with zero attached hydrogens (tertiary/aromatic N) is 4. The van der Waals surface area contributed by atoms with Crippen molar-refractivity contribution in [2.45, 2.75) is 32.3 Å². The Balaban J connectivity index is 1.46. The Morgan fingerprint density at radius 3 is 2.52 bits per heavy atom. The lowest BCUT2D eigenvalue weighted by molar-refractivity contribution is -0.218. The summed E-state index contributed by atoms with van der Waals surface area (Å²) >= 11 is 0. The molecule has 8 heteroatoms. The van der Waals surface area contributed by atoms with Crippen molar-refractivity contribution in [3.8, 4) is 11.5 Å². The highest BCUT2D eigenvalue weighted by Crippen LogP contribution is 2.30. The molecular weight excluding hydrogens is 396 g/mol. The van der Waals surface area contributed by atoms with E-state index in [0.717, 1.165) is 42.9 Å². The fraction of sp³-hybridized carbons (Fsp3) is 0.391. The molecule has 2 aliphatic heterocycles. The fourth-order valence-electron chi connectivity index (χ4n) is 3.60. The van der Waals surface area contributed by atoms with Gasteiger partial charge in [-0.25, -0.2) is 0 Å². The van der Waals surface area contributed by atoms with Crippen molar-refractivity contribution in [1.29, 1.82) is 0 Å². The summed E-state index contributed by atoms with van der Waals surface area (Å²) in [5.74, 6) is 1.94. The fourth-order valence-corrected chi connectivity index (χ4v) is 3.60. The van der Waals surface area contributed by atoms with Gasteiger partial charge in [0.25, 0.3) is 6.23 Å². The molecule has 2 aromatic rings. The number of carbonyl (C=O) groups excluding carboxylic acids is 1. The molecule has 1 fully saturated rings. The average Bonchev–Trinajstić information content (AvgIpc) is 3.16. The second-order valence-corrected chi connectivity index (χ2v) is 7.95. The average molecular weight is 425 g/mol. The Kier molecular flexibility index (Phi) is 6.11. The largest absolute Gasteiger partial charge is 0.497 e. The summed E-state index contributed by atoms with van der Waals surface area (Å²) in [5, 5.41) is 8.03. The van der Waals surface area contributed by atoms with Gasteiger partial charge in [-0.1, -0.05) is 6.07 Å². The lowest BCUT2D eigenvalue weighted by atomic mass is 10.1. The molecule has 0 saturated carbocycles. The van der Waals surface area contributed by atoms with Gasteiger partial charge in [0.1, 0.15) is 11.5 Å². The van der Waals surface area contributed by atoms with Gasteiger partial charge >= 0.3 is 0 Å². The molecule has 0 aliphatic carbocycles. The van der Waals surface area contributed by atoms with Crippen molar-refractivity contribution in [3.05, 3.63) is 59.2 Å². The van der Waals surface area contributed by atoms with Gasteiger partial charge in [-0.05, 0) is 68.5 Å². The highest BCUT2D eigenvalue weighted by Gasteiger charge is 2.42. The van der Waals surface area contributed by atoms with E-state index in [1.165, 1.54) is 11.1 Å². The first-order valence-corrected chi connectivity index (χ1v) is 10.3. The zero-order chi connectivity index (χ0) is 22.0. The quantitative estimate of drug-likeness (QED) is 0.604. The molecule has 0 spiro atoms. The van der Waals surface area contributed by atoms with Crippen LogP contribution in [0.5, 0.6) is 11.5 Å². The molecule has 0 radical (unpaired) electrons. The lowest BCUT2D eigenvalue weighted by Crippen LogP contribution is -2.60. The number of hydrogen-bond acceptors (Lipinski definition) is 8. The molecular formula is C23H28N4O4. The van der Waals surface area contributed by atoms with E-state index >= 15 is 0 Å². The highest BCUT2D eigenvalue weighted by molar-refractivity contribution is 5.95. The predicted octanol–water partition coefficient (Wildman–Crippen LogP) is 2.61. The van der Waals surface area contributed by atoms with Gasteiger partial charge in [0.15, 0.2) is 12.5 Å². The van der Waals surface area contributed by atoms with Crippen LogP contribution in [-0.4, -0.2) is 67.4 Å². The number of ether oxygens (including phenoxy) is 3. The zero-order valence-electron chi connectivity index (χ0n) is 18.3. The minimum atomic E-state index is -0.812. The Labute approximate surface area is 182 Å². The number of methoxy groups -OCH3 is 1. The van der Waals surface area contributed by atoms with Crippen LogP contribution in [0.4, 0.5) is 0 Å². The van der Waals surface area contributed by atoms with Crippen molar-refractivity contribution in [2.75, 3.05) is 27.7 Å². The summed E-state index contributed by atoms with van der Waals surface area (Å²) in [6.07, 6.45) is 0.570. The SMILES string of the molecule is COc1ccc(C2=NN(N3CCC3Oc3ccc(CN(C)C)c(C)c3)C(C=O)O2)cc1. The van der Waals surface area contributed by atoms with Crippen LogP contribution in [0.2, 0.25) is 0 Å². The van der Waals surface area contributed by atoms with E-state index in [2.05, 4.69) is 43.2 Å². The van der Waals surface area contributed by atoms with Crippen molar-refractivity contribution in [3.63, 3.8) is 0 Å². The predicted molar refractivity (Wildman–Crippen MR) is 117 cm³/mol. The molecule has 2 aromatic carbocycles. The summed E-state index contributed by atoms with van der Waals surface area (Å²) in [6.45, 7) is 3.71. The number of rotatable bonds is 8. The van der Waals surface area contributed by atoms with E-state index in [4.69, 9.17) is 14.2 Å². The van der Waals surface area contributed by atoms with E-state index in [9.17, 15) is 4.79 Å². The first-order valence-electron chi connectivity index (χ1n) is 10.3. The Morgan fingerprint density at radius 1 is 1.19 bits per heavy atom. The lowest BCUT2D eigenvalue weighted by Gasteiger charge is -2.44. The number of carbonyl (C=O) groups is 1. The third-order valence-corrected chi connectivity index (χ3v) is 5.38. The van der Waals surface area contributed by atoms with Crippen LogP contribution in [0, 0.1) is 6.92 Å². The minimum absolute atomic E-state index is 0.205. The van der Waals surface area contributed by atoms with Crippen molar-refractivity contribution < 1.29 is 19.0 Å². The van der Waals surface area contributed by atoms with Crippen LogP contribution >= 0.6 is 0 Å². The molecule has 2 atom stereocenters. The Bertz CT molecular complexity index is 961. The maximum Gasteiger partial charge on any atom is 0.260 e. The highest BCUT2D eigenvalue weighted by atomic mass is 16.6. The van der Waals surface area contributed by atoms with Crippen LogP contribution in [0.25, 0.3) is 0 Å². The van der Waals surface area contributed by atoms with Crippen LogP contribution < -0.4 is 9.47 Å². The maximum absolute atomic E-state index is 11.6. The number of aryl methyl sites for hydroxylation is 1. The zero-order valence-corrected chi connectivity index (χ0v) is 18.3. The van der Waals surface area contributed by atoms with Crippen molar-refractivity contribution >= 4 is 12.2 Å². The van der Waals surface area contributed by atoms with Gasteiger partial charge in [-0.3, -0.25) is 4.79 Å². The van der Waals surface area contributed by atoms with E-state index < -0.39 is 6.23 Å². The molecule has 0 aromatic heterocycles. The molecule has 2 heterocycles. The summed E-state index contributed by atoms with van der Waals surface area (Å²) in [6, 6.07) is 13.5. The molecule has 0 bridgehead atoms. The number of hydrazone groups is 1. The van der Waals surface area contributed by atoms with E-state index in [-0.39, 0.29) is 6.23 Å². The third-order valence-electron chi connectivity index (χ3n) is 5.38. The van der Waals surface area contributed by atoms with Crippen LogP contribution in [-0.2, 0) is 16.1 Å². The Morgan fingerprint density at radius 2 is 1.94 bits per heavy atom. The molecule has 4 rings (SSSR count). The minimum Gasteiger partial charge on any atom is -0.497 e. The summed E-state index contributed by atoms with van der Waals surface area (Å²) in [5.41, 5.74) is 3.23. The second-order valence-electron chi connectivity index (χ2n) is 7.95. The number of aldehydes is 1. The first-order chi connectivity index (χ1) is 15.0. The van der Waals surface area contributed by atoms with Gasteiger partial charge in [-0.15, -0.1) is 5.10 Å². The summed E-state index contributed by atoms with van der Waals surface area (Å²) in [7, 11) is 5.72. The van der Waals surface area contributed by atoms with E-state index in [1.807, 2.05) is 35.3 Å². The van der Waals surface area contributed by atoms with Crippen LogP contribution in [0.1, 0.15) is 23.1 Å². The van der Waals surface area contributed by atoms with Crippen LogP contribution in [0.15, 0.2) is 47.6 Å². The molecule has 0 amide bonds. The molecule has 164 valence electrons. The number of benzene rings is 2. The maximum atomic E-state index is 11.6. The number of hydrazine groups is 1. The molecule has 1 saturated heterocycles. The van der Waals surface area contributed by atoms with E-state index in [0.29, 0.717) is 5.90 Å². The van der Waals surface area contributed by atoms with E-state index in [1.54, 1.807) is 12.2 Å². The standard InChI is InChI=1S/C23H28N4O4/c1-16-13-20(10-7-18(16)14-25(2)3)30-21-11-12-26(21)27-22(15-28)31-23(24-27)17-5-8-19(29-4)9-6-17/h5-10,13,15,21-22H,11-12,14H2,1-4H3. The van der Waals surface area contributed by atoms with Gasteiger partial charge in [0.05, 0.1) is 7.11 Å². The molecule has 8 nitrogen and oxygen atoms in total. The Hall–Kier alpha value is -3.10.